The van der Waals surface area contributed by atoms with Crippen molar-refractivity contribution in [1.82, 2.24) is 10.2 Å². The maximum absolute atomic E-state index is 12.5. The van der Waals surface area contributed by atoms with Gasteiger partial charge in [0.25, 0.3) is 0 Å². The SMILES string of the molecule is CC1NC=CN1CCc1ccc(C(F)(F)F)cc1Cl. The number of hydrogen-bond donors (Lipinski definition) is 1. The van der Waals surface area contributed by atoms with Crippen LogP contribution in [-0.2, 0) is 12.6 Å². The molecular weight excluding hydrogens is 277 g/mol. The molecule has 0 aliphatic carbocycles. The van der Waals surface area contributed by atoms with Crippen LogP contribution in [0.5, 0.6) is 0 Å². The Kier molecular flexibility index (Phi) is 3.94. The third-order valence-electron chi connectivity index (χ3n) is 3.12. The second-order valence-corrected chi connectivity index (χ2v) is 4.86. The number of benzene rings is 1. The fraction of sp³-hybridized carbons (Fsp3) is 0.385. The Morgan fingerprint density at radius 1 is 1.37 bits per heavy atom. The summed E-state index contributed by atoms with van der Waals surface area (Å²) in [5.74, 6) is 0. The molecule has 0 saturated carbocycles. The van der Waals surface area contributed by atoms with Crippen LogP contribution in [0, 0.1) is 0 Å². The molecule has 6 heteroatoms. The molecule has 1 aliphatic rings. The second kappa shape index (κ2) is 5.33. The summed E-state index contributed by atoms with van der Waals surface area (Å²) in [6.07, 6.45) is 0.223. The van der Waals surface area contributed by atoms with E-state index in [1.807, 2.05) is 19.3 Å². The summed E-state index contributed by atoms with van der Waals surface area (Å²) >= 11 is 5.91. The lowest BCUT2D eigenvalue weighted by Crippen LogP contribution is -2.33. The van der Waals surface area contributed by atoms with Crippen LogP contribution in [-0.4, -0.2) is 17.6 Å². The summed E-state index contributed by atoms with van der Waals surface area (Å²) in [4.78, 5) is 2.06. The first-order valence-electron chi connectivity index (χ1n) is 5.92. The van der Waals surface area contributed by atoms with Gasteiger partial charge in [-0.3, -0.25) is 0 Å². The largest absolute Gasteiger partial charge is 0.416 e. The highest BCUT2D eigenvalue weighted by Crippen LogP contribution is 2.32. The normalized spacial score (nSPS) is 18.8. The smallest absolute Gasteiger partial charge is 0.370 e. The Hall–Kier alpha value is -1.36. The van der Waals surface area contributed by atoms with Crippen LogP contribution in [0.15, 0.2) is 30.6 Å². The molecule has 1 N–H and O–H groups in total. The molecule has 0 spiro atoms. The van der Waals surface area contributed by atoms with Gasteiger partial charge in [0, 0.05) is 24.0 Å². The van der Waals surface area contributed by atoms with E-state index in [1.54, 1.807) is 0 Å². The molecule has 104 valence electrons. The number of alkyl halides is 3. The molecule has 0 bridgehead atoms. The first-order valence-corrected chi connectivity index (χ1v) is 6.30. The van der Waals surface area contributed by atoms with Crippen molar-refractivity contribution in [2.75, 3.05) is 6.54 Å². The quantitative estimate of drug-likeness (QED) is 0.914. The van der Waals surface area contributed by atoms with Gasteiger partial charge in [0.05, 0.1) is 11.7 Å². The van der Waals surface area contributed by atoms with E-state index in [1.165, 1.54) is 6.07 Å². The highest BCUT2D eigenvalue weighted by Gasteiger charge is 2.30. The molecule has 1 aromatic rings. The zero-order valence-electron chi connectivity index (χ0n) is 10.3. The predicted octanol–water partition coefficient (Wildman–Crippen LogP) is 3.62. The molecule has 1 unspecified atom stereocenters. The Balaban J connectivity index is 2.03. The lowest BCUT2D eigenvalue weighted by atomic mass is 10.1. The number of hydrogen-bond acceptors (Lipinski definition) is 2. The number of nitrogens with one attached hydrogen (secondary N) is 1. The van der Waals surface area contributed by atoms with Gasteiger partial charge in [-0.25, -0.2) is 0 Å². The van der Waals surface area contributed by atoms with Crippen molar-refractivity contribution in [3.8, 4) is 0 Å². The Morgan fingerprint density at radius 3 is 2.63 bits per heavy atom. The van der Waals surface area contributed by atoms with Gasteiger partial charge in [-0.15, -0.1) is 0 Å². The van der Waals surface area contributed by atoms with Crippen LogP contribution in [0.1, 0.15) is 18.1 Å². The minimum absolute atomic E-state index is 0.165. The van der Waals surface area contributed by atoms with E-state index >= 15 is 0 Å². The summed E-state index contributed by atoms with van der Waals surface area (Å²) in [7, 11) is 0. The lowest BCUT2D eigenvalue weighted by Gasteiger charge is -2.22. The first kappa shape index (κ1) is 14.1. The second-order valence-electron chi connectivity index (χ2n) is 4.45. The Bertz CT molecular complexity index is 485. The predicted molar refractivity (Wildman–Crippen MR) is 68.6 cm³/mol. The van der Waals surface area contributed by atoms with E-state index in [0.717, 1.165) is 17.7 Å². The monoisotopic (exact) mass is 290 g/mol. The van der Waals surface area contributed by atoms with E-state index in [4.69, 9.17) is 11.6 Å². The van der Waals surface area contributed by atoms with Crippen molar-refractivity contribution in [1.29, 1.82) is 0 Å². The van der Waals surface area contributed by atoms with Crippen molar-refractivity contribution in [2.24, 2.45) is 0 Å². The molecular formula is C13H14ClF3N2. The molecule has 1 heterocycles. The Morgan fingerprint density at radius 2 is 2.11 bits per heavy atom. The molecule has 1 aliphatic heterocycles. The fourth-order valence-corrected chi connectivity index (χ4v) is 2.22. The van der Waals surface area contributed by atoms with E-state index in [2.05, 4.69) is 10.2 Å². The maximum atomic E-state index is 12.5. The Labute approximate surface area is 114 Å². The van der Waals surface area contributed by atoms with E-state index in [9.17, 15) is 13.2 Å². The summed E-state index contributed by atoms with van der Waals surface area (Å²) in [5, 5.41) is 3.28. The highest BCUT2D eigenvalue weighted by molar-refractivity contribution is 6.31. The molecule has 1 atom stereocenters. The van der Waals surface area contributed by atoms with Crippen LogP contribution in [0.2, 0.25) is 5.02 Å². The van der Waals surface area contributed by atoms with Gasteiger partial charge in [-0.2, -0.15) is 13.2 Å². The molecule has 1 aromatic carbocycles. The molecule has 19 heavy (non-hydrogen) atoms. The van der Waals surface area contributed by atoms with Crippen molar-refractivity contribution < 1.29 is 13.2 Å². The van der Waals surface area contributed by atoms with Gasteiger partial charge in [0.1, 0.15) is 0 Å². The van der Waals surface area contributed by atoms with Crippen LogP contribution in [0.3, 0.4) is 0 Å². The summed E-state index contributed by atoms with van der Waals surface area (Å²) < 4.78 is 37.5. The highest BCUT2D eigenvalue weighted by atomic mass is 35.5. The first-order chi connectivity index (χ1) is 8.88. The van der Waals surface area contributed by atoms with Gasteiger partial charge in [-0.1, -0.05) is 17.7 Å². The third kappa shape index (κ3) is 3.35. The van der Waals surface area contributed by atoms with E-state index in [-0.39, 0.29) is 11.2 Å². The van der Waals surface area contributed by atoms with Crippen molar-refractivity contribution in [2.45, 2.75) is 25.7 Å². The lowest BCUT2D eigenvalue weighted by molar-refractivity contribution is -0.137. The average molecular weight is 291 g/mol. The van der Waals surface area contributed by atoms with Gasteiger partial charge >= 0.3 is 6.18 Å². The summed E-state index contributed by atoms with van der Waals surface area (Å²) in [5.41, 5.74) is 0.0134. The molecule has 2 rings (SSSR count). The number of rotatable bonds is 3. The molecule has 0 radical (unpaired) electrons. The molecule has 0 fully saturated rings. The van der Waals surface area contributed by atoms with Crippen LogP contribution >= 0.6 is 11.6 Å². The number of nitrogens with zero attached hydrogens (tertiary/aromatic N) is 1. The summed E-state index contributed by atoms with van der Waals surface area (Å²) in [6.45, 7) is 2.71. The summed E-state index contributed by atoms with van der Waals surface area (Å²) in [6, 6.07) is 3.50. The van der Waals surface area contributed by atoms with Crippen LogP contribution in [0.25, 0.3) is 0 Å². The minimum Gasteiger partial charge on any atom is -0.370 e. The molecule has 0 amide bonds. The van der Waals surface area contributed by atoms with Crippen molar-refractivity contribution in [3.05, 3.63) is 46.7 Å². The van der Waals surface area contributed by atoms with Gasteiger partial charge in [0.2, 0.25) is 0 Å². The topological polar surface area (TPSA) is 15.3 Å². The third-order valence-corrected chi connectivity index (χ3v) is 3.47. The standard InChI is InChI=1S/C13H14ClF3N2/c1-9-18-5-7-19(9)6-4-10-2-3-11(8-12(10)14)13(15,16)17/h2-3,5,7-9,18H,4,6H2,1H3. The van der Waals surface area contributed by atoms with Crippen molar-refractivity contribution >= 4 is 11.6 Å². The number of halogens is 4. The molecule has 0 saturated heterocycles. The molecule has 0 aromatic heterocycles. The zero-order valence-corrected chi connectivity index (χ0v) is 11.1. The molecule has 2 nitrogen and oxygen atoms in total. The van der Waals surface area contributed by atoms with Gasteiger partial charge in [0.15, 0.2) is 0 Å². The van der Waals surface area contributed by atoms with Crippen LogP contribution < -0.4 is 5.32 Å². The van der Waals surface area contributed by atoms with Crippen molar-refractivity contribution in [3.63, 3.8) is 0 Å². The zero-order chi connectivity index (χ0) is 14.0. The van der Waals surface area contributed by atoms with Gasteiger partial charge < -0.3 is 10.2 Å². The van der Waals surface area contributed by atoms with Gasteiger partial charge in [-0.05, 0) is 31.0 Å². The van der Waals surface area contributed by atoms with E-state index < -0.39 is 11.7 Å². The average Bonchev–Trinajstić information content (AvgIpc) is 2.72. The maximum Gasteiger partial charge on any atom is 0.416 e. The fourth-order valence-electron chi connectivity index (χ4n) is 1.95. The van der Waals surface area contributed by atoms with E-state index in [0.29, 0.717) is 13.0 Å². The van der Waals surface area contributed by atoms with Crippen LogP contribution in [0.4, 0.5) is 13.2 Å². The minimum atomic E-state index is -4.35.